The molecule has 0 spiro atoms. The van der Waals surface area contributed by atoms with Crippen molar-refractivity contribution in [3.8, 4) is 0 Å². The molecule has 1 aliphatic heterocycles. The Morgan fingerprint density at radius 1 is 1.25 bits per heavy atom. The highest BCUT2D eigenvalue weighted by atomic mass is 16.2. The van der Waals surface area contributed by atoms with Crippen LogP contribution in [0.2, 0.25) is 0 Å². The van der Waals surface area contributed by atoms with Gasteiger partial charge in [0.05, 0.1) is 0 Å². The van der Waals surface area contributed by atoms with E-state index in [2.05, 4.69) is 0 Å². The second kappa shape index (κ2) is 3.13. The molecule has 1 fully saturated rings. The van der Waals surface area contributed by atoms with Crippen LogP contribution in [-0.4, -0.2) is 48.3 Å². The maximum Gasteiger partial charge on any atom is 0.232 e. The number of rotatable bonds is 0. The molecular formula is C8H14N2O2. The standard InChI is InChI=1S/C8H14N2O2/c1-6-5-9(2)7(11)4-8(12)10(6)3/h6H,4-5H2,1-3H3. The average molecular weight is 170 g/mol. The van der Waals surface area contributed by atoms with E-state index in [9.17, 15) is 9.59 Å². The van der Waals surface area contributed by atoms with Crippen molar-refractivity contribution in [2.75, 3.05) is 20.6 Å². The average Bonchev–Trinajstić information content (AvgIpc) is 2.07. The lowest BCUT2D eigenvalue weighted by molar-refractivity contribution is -0.136. The number of carbonyl (C=O) groups is 2. The van der Waals surface area contributed by atoms with Crippen LogP contribution in [0, 0.1) is 0 Å². The Morgan fingerprint density at radius 2 is 1.83 bits per heavy atom. The van der Waals surface area contributed by atoms with Crippen molar-refractivity contribution in [3.05, 3.63) is 0 Å². The topological polar surface area (TPSA) is 40.6 Å². The van der Waals surface area contributed by atoms with Gasteiger partial charge in [0.2, 0.25) is 11.8 Å². The third-order valence-electron chi connectivity index (χ3n) is 2.32. The van der Waals surface area contributed by atoms with E-state index >= 15 is 0 Å². The third kappa shape index (κ3) is 1.57. The number of hydrogen-bond acceptors (Lipinski definition) is 2. The summed E-state index contributed by atoms with van der Waals surface area (Å²) in [6.07, 6.45) is 0.0112. The number of likely N-dealkylation sites (N-methyl/N-ethyl adjacent to an activating group) is 2. The molecule has 68 valence electrons. The van der Waals surface area contributed by atoms with Gasteiger partial charge in [0, 0.05) is 26.7 Å². The fourth-order valence-corrected chi connectivity index (χ4v) is 1.26. The molecular weight excluding hydrogens is 156 g/mol. The molecule has 2 amide bonds. The van der Waals surface area contributed by atoms with Crippen LogP contribution in [-0.2, 0) is 9.59 Å². The number of hydrogen-bond donors (Lipinski definition) is 0. The first-order chi connectivity index (χ1) is 5.52. The minimum Gasteiger partial charge on any atom is -0.343 e. The predicted octanol–water partition coefficient (Wildman–Crippen LogP) is -0.305. The van der Waals surface area contributed by atoms with Gasteiger partial charge in [-0.25, -0.2) is 0 Å². The van der Waals surface area contributed by atoms with Crippen LogP contribution in [0.15, 0.2) is 0 Å². The second-order valence-electron chi connectivity index (χ2n) is 3.30. The molecule has 0 aromatic carbocycles. The van der Waals surface area contributed by atoms with Crippen molar-refractivity contribution in [1.82, 2.24) is 9.80 Å². The molecule has 0 saturated carbocycles. The van der Waals surface area contributed by atoms with Crippen LogP contribution in [0.5, 0.6) is 0 Å². The quantitative estimate of drug-likeness (QED) is 0.468. The molecule has 1 saturated heterocycles. The Hall–Kier alpha value is -1.06. The van der Waals surface area contributed by atoms with Crippen LogP contribution in [0.3, 0.4) is 0 Å². The lowest BCUT2D eigenvalue weighted by Crippen LogP contribution is -2.37. The fraction of sp³-hybridized carbons (Fsp3) is 0.750. The van der Waals surface area contributed by atoms with Gasteiger partial charge in [-0.15, -0.1) is 0 Å². The van der Waals surface area contributed by atoms with Crippen LogP contribution >= 0.6 is 0 Å². The van der Waals surface area contributed by atoms with Gasteiger partial charge in [0.25, 0.3) is 0 Å². The SMILES string of the molecule is CC1CN(C)C(=O)CC(=O)N1C. The summed E-state index contributed by atoms with van der Waals surface area (Å²) < 4.78 is 0. The normalized spacial score (nSPS) is 26.1. The molecule has 4 heteroatoms. The highest BCUT2D eigenvalue weighted by molar-refractivity contribution is 5.97. The molecule has 1 unspecified atom stereocenters. The Kier molecular flexibility index (Phi) is 2.35. The zero-order valence-electron chi connectivity index (χ0n) is 7.70. The van der Waals surface area contributed by atoms with Gasteiger partial charge in [-0.1, -0.05) is 0 Å². The van der Waals surface area contributed by atoms with Crippen molar-refractivity contribution in [2.45, 2.75) is 19.4 Å². The summed E-state index contributed by atoms with van der Waals surface area (Å²) in [4.78, 5) is 25.7. The zero-order chi connectivity index (χ0) is 9.30. The van der Waals surface area contributed by atoms with Gasteiger partial charge < -0.3 is 9.80 Å². The number of carbonyl (C=O) groups excluding carboxylic acids is 2. The van der Waals surface area contributed by atoms with E-state index in [1.54, 1.807) is 23.9 Å². The molecule has 1 rings (SSSR count). The Balaban J connectivity index is 2.78. The minimum absolute atomic E-state index is 0.0112. The molecule has 0 N–H and O–H groups in total. The summed E-state index contributed by atoms with van der Waals surface area (Å²) in [5.41, 5.74) is 0. The second-order valence-corrected chi connectivity index (χ2v) is 3.30. The van der Waals surface area contributed by atoms with E-state index in [0.29, 0.717) is 6.54 Å². The maximum atomic E-state index is 11.3. The van der Waals surface area contributed by atoms with Gasteiger partial charge in [-0.05, 0) is 6.92 Å². The van der Waals surface area contributed by atoms with Crippen LogP contribution < -0.4 is 0 Å². The minimum atomic E-state index is -0.0869. The van der Waals surface area contributed by atoms with E-state index < -0.39 is 0 Å². The van der Waals surface area contributed by atoms with E-state index in [0.717, 1.165) is 0 Å². The number of amides is 2. The smallest absolute Gasteiger partial charge is 0.232 e. The van der Waals surface area contributed by atoms with Crippen molar-refractivity contribution in [3.63, 3.8) is 0 Å². The summed E-state index contributed by atoms with van der Waals surface area (Å²) in [5, 5.41) is 0. The molecule has 0 aliphatic carbocycles. The van der Waals surface area contributed by atoms with Gasteiger partial charge in [-0.2, -0.15) is 0 Å². The molecule has 0 aromatic heterocycles. The van der Waals surface area contributed by atoms with Crippen molar-refractivity contribution in [1.29, 1.82) is 0 Å². The number of nitrogens with zero attached hydrogens (tertiary/aromatic N) is 2. The van der Waals surface area contributed by atoms with Crippen molar-refractivity contribution in [2.24, 2.45) is 0 Å². The first-order valence-corrected chi connectivity index (χ1v) is 4.02. The summed E-state index contributed by atoms with van der Waals surface area (Å²) in [7, 11) is 3.46. The molecule has 1 atom stereocenters. The first kappa shape index (κ1) is 9.03. The lowest BCUT2D eigenvalue weighted by Gasteiger charge is -2.23. The van der Waals surface area contributed by atoms with Gasteiger partial charge in [0.1, 0.15) is 6.42 Å². The molecule has 0 aromatic rings. The van der Waals surface area contributed by atoms with Gasteiger partial charge in [-0.3, -0.25) is 9.59 Å². The largest absolute Gasteiger partial charge is 0.343 e. The highest BCUT2D eigenvalue weighted by Crippen LogP contribution is 2.07. The van der Waals surface area contributed by atoms with Gasteiger partial charge in [0.15, 0.2) is 0 Å². The molecule has 0 bridgehead atoms. The Labute approximate surface area is 72.1 Å². The van der Waals surface area contributed by atoms with Crippen LogP contribution in [0.1, 0.15) is 13.3 Å². The van der Waals surface area contributed by atoms with Crippen molar-refractivity contribution >= 4 is 11.8 Å². The van der Waals surface area contributed by atoms with E-state index in [1.165, 1.54) is 0 Å². The summed E-state index contributed by atoms with van der Waals surface area (Å²) in [6.45, 7) is 2.56. The Bertz CT molecular complexity index is 215. The lowest BCUT2D eigenvalue weighted by atomic mass is 10.3. The molecule has 4 nitrogen and oxygen atoms in total. The summed E-state index contributed by atoms with van der Waals surface area (Å²) in [6, 6.07) is 0.119. The summed E-state index contributed by atoms with van der Waals surface area (Å²) in [5.74, 6) is -0.173. The van der Waals surface area contributed by atoms with Crippen LogP contribution in [0.25, 0.3) is 0 Å². The van der Waals surface area contributed by atoms with E-state index in [1.807, 2.05) is 6.92 Å². The molecule has 1 aliphatic rings. The van der Waals surface area contributed by atoms with Crippen LogP contribution in [0.4, 0.5) is 0 Å². The molecule has 0 radical (unpaired) electrons. The third-order valence-corrected chi connectivity index (χ3v) is 2.32. The fourth-order valence-electron chi connectivity index (χ4n) is 1.26. The zero-order valence-corrected chi connectivity index (χ0v) is 7.70. The monoisotopic (exact) mass is 170 g/mol. The molecule has 1 heterocycles. The van der Waals surface area contributed by atoms with Gasteiger partial charge >= 0.3 is 0 Å². The predicted molar refractivity (Wildman–Crippen MR) is 44.5 cm³/mol. The van der Waals surface area contributed by atoms with E-state index in [-0.39, 0.29) is 24.3 Å². The highest BCUT2D eigenvalue weighted by Gasteiger charge is 2.26. The van der Waals surface area contributed by atoms with E-state index in [4.69, 9.17) is 0 Å². The summed E-state index contributed by atoms with van der Waals surface area (Å²) >= 11 is 0. The Morgan fingerprint density at radius 3 is 2.42 bits per heavy atom. The molecule has 12 heavy (non-hydrogen) atoms. The van der Waals surface area contributed by atoms with Crippen molar-refractivity contribution < 1.29 is 9.59 Å². The maximum absolute atomic E-state index is 11.3. The first-order valence-electron chi connectivity index (χ1n) is 4.02.